The zero-order valence-electron chi connectivity index (χ0n) is 9.19. The van der Waals surface area contributed by atoms with E-state index in [4.69, 9.17) is 4.42 Å². The van der Waals surface area contributed by atoms with Crippen LogP contribution in [0.1, 0.15) is 10.4 Å². The van der Waals surface area contributed by atoms with Gasteiger partial charge in [-0.15, -0.1) is 0 Å². The molecule has 1 aliphatic rings. The van der Waals surface area contributed by atoms with Gasteiger partial charge in [-0.05, 0) is 18.2 Å². The van der Waals surface area contributed by atoms with Crippen LogP contribution >= 0.6 is 0 Å². The predicted octanol–water partition coefficient (Wildman–Crippen LogP) is 2.72. The first-order chi connectivity index (χ1) is 8.74. The lowest BCUT2D eigenvalue weighted by Gasteiger charge is -1.96. The molecule has 1 N–H and O–H groups in total. The van der Waals surface area contributed by atoms with Crippen LogP contribution in [0.2, 0.25) is 0 Å². The molecule has 86 valence electrons. The third kappa shape index (κ3) is 1.04. The average Bonchev–Trinajstić information content (AvgIpc) is 2.87. The van der Waals surface area contributed by atoms with Gasteiger partial charge in [0, 0.05) is 10.8 Å². The van der Waals surface area contributed by atoms with Crippen molar-refractivity contribution in [3.8, 4) is 0 Å². The van der Waals surface area contributed by atoms with Gasteiger partial charge in [-0.2, -0.15) is 0 Å². The molecule has 4 heteroatoms. The molecular weight excluding hydrogens is 230 g/mol. The highest BCUT2D eigenvalue weighted by atomic mass is 16.3. The van der Waals surface area contributed by atoms with E-state index in [9.17, 15) is 9.59 Å². The second kappa shape index (κ2) is 2.98. The first kappa shape index (κ1) is 9.41. The van der Waals surface area contributed by atoms with E-state index in [0.717, 1.165) is 16.4 Å². The van der Waals surface area contributed by atoms with Gasteiger partial charge in [-0.25, -0.2) is 0 Å². The maximum atomic E-state index is 11.6. The number of fused-ring (bicyclic) bond motifs is 4. The van der Waals surface area contributed by atoms with E-state index < -0.39 is 11.7 Å². The van der Waals surface area contributed by atoms with Gasteiger partial charge in [0.25, 0.3) is 11.7 Å². The fourth-order valence-electron chi connectivity index (χ4n) is 2.36. The number of nitrogens with one attached hydrogen (secondary N) is 1. The van der Waals surface area contributed by atoms with Gasteiger partial charge in [-0.1, -0.05) is 18.2 Å². The molecule has 4 nitrogen and oxygen atoms in total. The zero-order chi connectivity index (χ0) is 12.3. The Morgan fingerprint density at radius 1 is 0.944 bits per heavy atom. The SMILES string of the molecule is O=C1Nc2cc3c(cc2C1=O)oc1ccccc13. The highest BCUT2D eigenvalue weighted by Crippen LogP contribution is 2.34. The Morgan fingerprint density at radius 3 is 2.67 bits per heavy atom. The van der Waals surface area contributed by atoms with Crippen LogP contribution in [-0.2, 0) is 4.79 Å². The highest BCUT2D eigenvalue weighted by molar-refractivity contribution is 6.52. The van der Waals surface area contributed by atoms with E-state index in [2.05, 4.69) is 5.32 Å². The van der Waals surface area contributed by atoms with E-state index >= 15 is 0 Å². The van der Waals surface area contributed by atoms with Crippen LogP contribution in [0, 0.1) is 0 Å². The monoisotopic (exact) mass is 237 g/mol. The molecule has 0 unspecified atom stereocenters. The highest BCUT2D eigenvalue weighted by Gasteiger charge is 2.29. The van der Waals surface area contributed by atoms with Crippen molar-refractivity contribution in [1.29, 1.82) is 0 Å². The number of carbonyl (C=O) groups is 2. The number of hydrogen-bond donors (Lipinski definition) is 1. The van der Waals surface area contributed by atoms with Crippen molar-refractivity contribution in [1.82, 2.24) is 0 Å². The topological polar surface area (TPSA) is 59.3 Å². The summed E-state index contributed by atoms with van der Waals surface area (Å²) >= 11 is 0. The van der Waals surface area contributed by atoms with E-state index in [-0.39, 0.29) is 0 Å². The summed E-state index contributed by atoms with van der Waals surface area (Å²) in [4.78, 5) is 22.9. The van der Waals surface area contributed by atoms with Crippen molar-refractivity contribution in [3.63, 3.8) is 0 Å². The molecule has 0 spiro atoms. The van der Waals surface area contributed by atoms with Gasteiger partial charge in [0.1, 0.15) is 11.2 Å². The molecule has 0 saturated carbocycles. The molecule has 2 aromatic carbocycles. The third-order valence-corrected chi connectivity index (χ3v) is 3.22. The molecule has 2 heterocycles. The van der Waals surface area contributed by atoms with Crippen molar-refractivity contribution < 1.29 is 14.0 Å². The quantitative estimate of drug-likeness (QED) is 0.611. The van der Waals surface area contributed by atoms with Gasteiger partial charge >= 0.3 is 0 Å². The minimum absolute atomic E-state index is 0.381. The van der Waals surface area contributed by atoms with Crippen LogP contribution in [-0.4, -0.2) is 11.7 Å². The first-order valence-corrected chi connectivity index (χ1v) is 5.55. The van der Waals surface area contributed by atoms with E-state index in [1.807, 2.05) is 24.3 Å². The molecule has 0 atom stereocenters. The Kier molecular flexibility index (Phi) is 1.56. The van der Waals surface area contributed by atoms with Crippen molar-refractivity contribution in [2.75, 3.05) is 5.32 Å². The van der Waals surface area contributed by atoms with Gasteiger partial charge in [-0.3, -0.25) is 9.59 Å². The summed E-state index contributed by atoms with van der Waals surface area (Å²) in [6, 6.07) is 11.1. The summed E-state index contributed by atoms with van der Waals surface area (Å²) in [6.45, 7) is 0. The normalized spacial score (nSPS) is 14.2. The fourth-order valence-corrected chi connectivity index (χ4v) is 2.36. The van der Waals surface area contributed by atoms with Crippen molar-refractivity contribution >= 4 is 39.3 Å². The standard InChI is InChI=1S/C14H7NO3/c16-13-9-6-12-8(5-10(9)15-14(13)17)7-3-1-2-4-11(7)18-12/h1-6H,(H,15,16,17). The van der Waals surface area contributed by atoms with Gasteiger partial charge in [0.15, 0.2) is 0 Å². The van der Waals surface area contributed by atoms with Crippen LogP contribution in [0.4, 0.5) is 5.69 Å². The number of benzene rings is 2. The summed E-state index contributed by atoms with van der Waals surface area (Å²) in [6.07, 6.45) is 0. The number of carbonyl (C=O) groups excluding carboxylic acids is 2. The number of anilines is 1. The van der Waals surface area contributed by atoms with Crippen LogP contribution in [0.15, 0.2) is 40.8 Å². The van der Waals surface area contributed by atoms with E-state index in [1.54, 1.807) is 12.1 Å². The summed E-state index contributed by atoms with van der Waals surface area (Å²) in [7, 11) is 0. The number of rotatable bonds is 0. The molecule has 3 aromatic rings. The lowest BCUT2D eigenvalue weighted by Crippen LogP contribution is -2.12. The first-order valence-electron chi connectivity index (χ1n) is 5.55. The number of para-hydroxylation sites is 1. The van der Waals surface area contributed by atoms with Gasteiger partial charge in [0.2, 0.25) is 0 Å². The maximum absolute atomic E-state index is 11.6. The Bertz CT molecular complexity index is 845. The minimum Gasteiger partial charge on any atom is -0.456 e. The molecule has 0 radical (unpaired) electrons. The second-order valence-electron chi connectivity index (χ2n) is 4.28. The summed E-state index contributed by atoms with van der Waals surface area (Å²) in [5.41, 5.74) is 2.34. The predicted molar refractivity (Wildman–Crippen MR) is 66.7 cm³/mol. The Balaban J connectivity index is 2.15. The van der Waals surface area contributed by atoms with Crippen LogP contribution in [0.25, 0.3) is 21.9 Å². The van der Waals surface area contributed by atoms with Crippen molar-refractivity contribution in [2.24, 2.45) is 0 Å². The number of hydrogen-bond acceptors (Lipinski definition) is 3. The molecule has 0 bridgehead atoms. The number of Topliss-reactive ketones (excluding diaryl/α,β-unsaturated/α-hetero) is 1. The van der Waals surface area contributed by atoms with Gasteiger partial charge in [0.05, 0.1) is 11.3 Å². The van der Waals surface area contributed by atoms with Crippen LogP contribution in [0.3, 0.4) is 0 Å². The summed E-state index contributed by atoms with van der Waals surface area (Å²) in [5.74, 6) is -1.09. The lowest BCUT2D eigenvalue weighted by molar-refractivity contribution is -0.112. The van der Waals surface area contributed by atoms with E-state index in [0.29, 0.717) is 16.8 Å². The molecule has 18 heavy (non-hydrogen) atoms. The van der Waals surface area contributed by atoms with Crippen LogP contribution < -0.4 is 5.32 Å². The van der Waals surface area contributed by atoms with Crippen LogP contribution in [0.5, 0.6) is 0 Å². The lowest BCUT2D eigenvalue weighted by atomic mass is 10.1. The summed E-state index contributed by atoms with van der Waals surface area (Å²) < 4.78 is 5.67. The number of furan rings is 1. The van der Waals surface area contributed by atoms with Crippen molar-refractivity contribution in [2.45, 2.75) is 0 Å². The number of amides is 1. The Labute approximate surface area is 101 Å². The largest absolute Gasteiger partial charge is 0.456 e. The fraction of sp³-hybridized carbons (Fsp3) is 0. The Morgan fingerprint density at radius 2 is 1.78 bits per heavy atom. The maximum Gasteiger partial charge on any atom is 0.296 e. The molecular formula is C14H7NO3. The van der Waals surface area contributed by atoms with Crippen molar-refractivity contribution in [3.05, 3.63) is 42.0 Å². The minimum atomic E-state index is -0.582. The molecule has 1 aromatic heterocycles. The summed E-state index contributed by atoms with van der Waals surface area (Å²) in [5, 5.41) is 4.44. The molecule has 0 aliphatic carbocycles. The van der Waals surface area contributed by atoms with E-state index in [1.165, 1.54) is 0 Å². The average molecular weight is 237 g/mol. The number of ketones is 1. The molecule has 0 saturated heterocycles. The Hall–Kier alpha value is -2.62. The van der Waals surface area contributed by atoms with Gasteiger partial charge < -0.3 is 9.73 Å². The smallest absolute Gasteiger partial charge is 0.296 e. The molecule has 1 amide bonds. The molecule has 4 rings (SSSR count). The third-order valence-electron chi connectivity index (χ3n) is 3.22. The molecule has 0 fully saturated rings. The molecule has 1 aliphatic heterocycles. The zero-order valence-corrected chi connectivity index (χ0v) is 9.19. The second-order valence-corrected chi connectivity index (χ2v) is 4.28.